The third-order valence-electron chi connectivity index (χ3n) is 13.1. The molecule has 0 saturated carbocycles. The van der Waals surface area contributed by atoms with E-state index in [0.717, 1.165) is 0 Å². The predicted octanol–water partition coefficient (Wildman–Crippen LogP) is 4.05. The summed E-state index contributed by atoms with van der Waals surface area (Å²) >= 11 is 0. The highest BCUT2D eigenvalue weighted by Gasteiger charge is 2.57. The first kappa shape index (κ1) is 45.3. The number of carbonyl (C=O) groups excluding carboxylic acids is 3. The Morgan fingerprint density at radius 3 is 2.32 bits per heavy atom. The van der Waals surface area contributed by atoms with Crippen LogP contribution in [0.25, 0.3) is 17.2 Å². The van der Waals surface area contributed by atoms with Gasteiger partial charge in [-0.25, -0.2) is 4.98 Å². The van der Waals surface area contributed by atoms with Crippen LogP contribution in [0.2, 0.25) is 0 Å². The normalized spacial score (nSPS) is 35.0. The van der Waals surface area contributed by atoms with Gasteiger partial charge < -0.3 is 59.1 Å². The number of β-amino-alcohol motifs (C(OH)–C–C–N with tert-alkyl or cyclic N) is 1. The molecule has 4 bridgehead atoms. The number of carbonyl (C=O) groups is 3. The molecule has 1 saturated heterocycles. The van der Waals surface area contributed by atoms with Crippen LogP contribution >= 0.6 is 0 Å². The second kappa shape index (κ2) is 17.1. The molecule has 3 aliphatic carbocycles. The van der Waals surface area contributed by atoms with Crippen LogP contribution in [-0.4, -0.2) is 105 Å². The van der Waals surface area contributed by atoms with Gasteiger partial charge in [-0.15, -0.1) is 0 Å². The van der Waals surface area contributed by atoms with Crippen molar-refractivity contribution in [1.82, 2.24) is 10.3 Å². The van der Waals surface area contributed by atoms with Gasteiger partial charge in [-0.05, 0) is 19.9 Å². The molecule has 338 valence electrons. The van der Waals surface area contributed by atoms with Crippen molar-refractivity contribution in [2.75, 3.05) is 25.1 Å². The summed E-state index contributed by atoms with van der Waals surface area (Å²) < 4.78 is 30.3. The van der Waals surface area contributed by atoms with Gasteiger partial charge in [0.05, 0.1) is 53.8 Å². The van der Waals surface area contributed by atoms with Crippen molar-refractivity contribution >= 4 is 29.0 Å². The number of ketones is 1. The molecule has 11 atom stereocenters. The Morgan fingerprint density at radius 2 is 1.67 bits per heavy atom. The minimum absolute atomic E-state index is 0.00795. The van der Waals surface area contributed by atoms with Crippen molar-refractivity contribution in [3.8, 4) is 11.5 Å². The number of amides is 1. The lowest BCUT2D eigenvalue weighted by Gasteiger charge is -2.38. The van der Waals surface area contributed by atoms with E-state index in [0.29, 0.717) is 5.69 Å². The number of aliphatic hydroxyl groups is 5. The quantitative estimate of drug-likeness (QED) is 0.238. The number of hydrogen-bond donors (Lipinski definition) is 6. The molecule has 0 aromatic carbocycles. The van der Waals surface area contributed by atoms with E-state index in [1.54, 1.807) is 50.8 Å². The molecule has 6 N–H and O–H groups in total. The standard InChI is InChI=1S/C46H55N3O14/c1-19-11-10-12-20(2)45(58)48-36-40(56)32-31(35-43(36)62-30-16-26(49-17-27(51)18-49)15-28(52)34(30)47-35)33-42(24(6)39(32)55)63-46(8,44(33)57)60-14-13-29(59-9)21(3)41(61-25(7)50)23(5)38(54)22(4)37(19)53/h10-16,19,21-23,27,29,31-32,37-38,41,51,53-54,56-57H,17-18H2,1-9H3,(H,48,58)/b11-10+,14-13+,20-12-/t19-,21+,22+,23+,29-,31?,32?,37-,38+,41+,46-/m0/s1. The molecule has 0 aromatic rings. The third-order valence-corrected chi connectivity index (χ3v) is 13.1. The Bertz CT molecular complexity index is 2420. The van der Waals surface area contributed by atoms with E-state index >= 15 is 0 Å². The number of benzene rings is 1. The maximum absolute atomic E-state index is 14.4. The van der Waals surface area contributed by atoms with Gasteiger partial charge in [0.1, 0.15) is 23.3 Å². The Kier molecular flexibility index (Phi) is 12.3. The Balaban J connectivity index is 1.41. The monoisotopic (exact) mass is 873 g/mol. The molecule has 4 aliphatic heterocycles. The van der Waals surface area contributed by atoms with E-state index < -0.39 is 106 Å². The number of aromatic nitrogens is 1. The number of anilines is 1. The highest BCUT2D eigenvalue weighted by Crippen LogP contribution is 2.56. The number of methoxy groups -OCH3 is 1. The van der Waals surface area contributed by atoms with Gasteiger partial charge >= 0.3 is 11.8 Å². The third kappa shape index (κ3) is 7.96. The molecule has 17 heteroatoms. The van der Waals surface area contributed by atoms with Crippen molar-refractivity contribution in [1.29, 1.82) is 0 Å². The molecule has 7 rings (SSSR count). The molecule has 1 amide bonds. The maximum atomic E-state index is 14.4. The highest BCUT2D eigenvalue weighted by atomic mass is 16.7. The first-order valence-corrected chi connectivity index (χ1v) is 21.0. The summed E-state index contributed by atoms with van der Waals surface area (Å²) in [5.41, 5.74) is -0.347. The van der Waals surface area contributed by atoms with Crippen LogP contribution in [0.3, 0.4) is 0 Å². The molecular weight excluding hydrogens is 819 g/mol. The van der Waals surface area contributed by atoms with Gasteiger partial charge in [-0.2, -0.15) is 0 Å². The van der Waals surface area contributed by atoms with E-state index in [1.165, 1.54) is 59.3 Å². The largest absolute Gasteiger partial charge is 0.509 e. The SMILES string of the molecule is CO[C@H]1/C=C/O[C@@]2(C)OC3=C(C)C(=O)C4C(O)=C(NC(=O)/C(C)=C\C=C\[C@H](C)[C@H](O)[C@@H](C)[C@@H](O)[C@@H](C)[C@H](OC(C)=O)[C@@H]1C)c1oc5cc(N6CC(O)C6)cc(=O)c-5nc1C4C3=C2O. The minimum atomic E-state index is -1.97. The summed E-state index contributed by atoms with van der Waals surface area (Å²) in [5.74, 6) is -10.5. The van der Waals surface area contributed by atoms with Crippen LogP contribution in [0.4, 0.5) is 5.69 Å². The summed E-state index contributed by atoms with van der Waals surface area (Å²) in [6.07, 6.45) is 2.95. The fourth-order valence-corrected chi connectivity index (χ4v) is 9.18. The van der Waals surface area contributed by atoms with Gasteiger partial charge in [-0.1, -0.05) is 45.9 Å². The molecule has 0 radical (unpaired) electrons. The van der Waals surface area contributed by atoms with Crippen LogP contribution in [0, 0.1) is 29.6 Å². The first-order chi connectivity index (χ1) is 29.7. The van der Waals surface area contributed by atoms with E-state index in [2.05, 4.69) is 5.32 Å². The Morgan fingerprint density at radius 1 is 0.968 bits per heavy atom. The second-order valence-electron chi connectivity index (χ2n) is 17.4. The topological polar surface area (TPSA) is 248 Å². The molecule has 4 heterocycles. The molecule has 0 spiro atoms. The number of aliphatic hydroxyl groups excluding tert-OH is 5. The molecule has 0 aromatic heterocycles. The highest BCUT2D eigenvalue weighted by molar-refractivity contribution is 6.05. The number of fused-ring (bicyclic) bond motifs is 2. The van der Waals surface area contributed by atoms with Crippen molar-refractivity contribution < 1.29 is 63.3 Å². The fourth-order valence-electron chi connectivity index (χ4n) is 9.18. The number of rotatable bonds is 3. The Hall–Kier alpha value is -5.75. The lowest BCUT2D eigenvalue weighted by atomic mass is 9.69. The molecule has 7 aliphatic rings. The molecule has 17 nitrogen and oxygen atoms in total. The number of ether oxygens (including phenoxy) is 4. The number of allylic oxidation sites excluding steroid dienone is 5. The molecule has 63 heavy (non-hydrogen) atoms. The fraction of sp³-hybridized carbons (Fsp3) is 0.500. The summed E-state index contributed by atoms with van der Waals surface area (Å²) in [6.45, 7) is 13.1. The van der Waals surface area contributed by atoms with Crippen LogP contribution in [0.5, 0.6) is 0 Å². The van der Waals surface area contributed by atoms with E-state index in [-0.39, 0.29) is 64.2 Å². The smallest absolute Gasteiger partial charge is 0.306 e. The number of hydrogen-bond acceptors (Lipinski definition) is 16. The summed E-state index contributed by atoms with van der Waals surface area (Å²) in [4.78, 5) is 60.9. The lowest BCUT2D eigenvalue weighted by molar-refractivity contribution is -0.160. The Labute approximate surface area is 364 Å². The van der Waals surface area contributed by atoms with E-state index in [1.807, 2.05) is 0 Å². The predicted molar refractivity (Wildman–Crippen MR) is 227 cm³/mol. The van der Waals surface area contributed by atoms with Crippen molar-refractivity contribution in [2.45, 2.75) is 97.6 Å². The van der Waals surface area contributed by atoms with Crippen molar-refractivity contribution in [3.05, 3.63) is 98.4 Å². The number of nitrogens with one attached hydrogen (secondary N) is 1. The van der Waals surface area contributed by atoms with Crippen molar-refractivity contribution in [2.24, 2.45) is 29.6 Å². The van der Waals surface area contributed by atoms with Gasteiger partial charge in [0.25, 0.3) is 5.91 Å². The van der Waals surface area contributed by atoms with Crippen LogP contribution in [0.15, 0.2) is 85.9 Å². The summed E-state index contributed by atoms with van der Waals surface area (Å²) in [7, 11) is 1.44. The number of nitrogens with zero attached hydrogens (tertiary/aromatic N) is 2. The number of Topliss-reactive ketones (excluding diaryl/α,β-unsaturated/α-hetero) is 1. The maximum Gasteiger partial charge on any atom is 0.306 e. The minimum Gasteiger partial charge on any atom is -0.509 e. The van der Waals surface area contributed by atoms with E-state index in [9.17, 15) is 44.7 Å². The second-order valence-corrected chi connectivity index (χ2v) is 17.4. The van der Waals surface area contributed by atoms with Gasteiger partial charge in [0, 0.05) is 86.7 Å². The van der Waals surface area contributed by atoms with Crippen LogP contribution in [-0.2, 0) is 33.3 Å². The average Bonchev–Trinajstić information content (AvgIpc) is 3.49. The first-order valence-electron chi connectivity index (χ1n) is 21.0. The lowest BCUT2D eigenvalue weighted by Crippen LogP contribution is -2.51. The van der Waals surface area contributed by atoms with Gasteiger partial charge in [0.15, 0.2) is 28.8 Å². The zero-order valence-corrected chi connectivity index (χ0v) is 36.6. The zero-order valence-electron chi connectivity index (χ0n) is 36.6. The summed E-state index contributed by atoms with van der Waals surface area (Å²) in [5, 5.41) is 59.8. The van der Waals surface area contributed by atoms with Crippen molar-refractivity contribution in [3.63, 3.8) is 0 Å². The van der Waals surface area contributed by atoms with Gasteiger partial charge in [0.2, 0.25) is 5.43 Å². The van der Waals surface area contributed by atoms with Gasteiger partial charge in [-0.3, -0.25) is 19.2 Å². The number of esters is 1. The summed E-state index contributed by atoms with van der Waals surface area (Å²) in [6, 6.07) is 2.91. The molecule has 1 fully saturated rings. The zero-order chi connectivity index (χ0) is 46.0. The van der Waals surface area contributed by atoms with Crippen LogP contribution < -0.4 is 15.6 Å². The van der Waals surface area contributed by atoms with Crippen LogP contribution in [0.1, 0.15) is 72.8 Å². The van der Waals surface area contributed by atoms with E-state index in [4.69, 9.17) is 28.3 Å². The molecule has 2 unspecified atom stereocenters. The molecular formula is C46H55N3O14. The average molecular weight is 874 g/mol.